The molecule has 1 aromatic heterocycles. The van der Waals surface area contributed by atoms with E-state index in [1.54, 1.807) is 54.7 Å². The highest BCUT2D eigenvalue weighted by atomic mass is 32.2. The second-order valence-electron chi connectivity index (χ2n) is 6.91. The summed E-state index contributed by atoms with van der Waals surface area (Å²) in [6.07, 6.45) is 3.74. The Hall–Kier alpha value is -3.65. The molecule has 0 radical (unpaired) electrons. The normalized spacial score (nSPS) is 11.4. The van der Waals surface area contributed by atoms with E-state index in [9.17, 15) is 19.5 Å². The zero-order chi connectivity index (χ0) is 22.9. The second-order valence-corrected chi connectivity index (χ2v) is 7.89. The van der Waals surface area contributed by atoms with E-state index >= 15 is 0 Å². The SMILES string of the molecule is CSCCC(NC(=O)c1cccc(C(=O)Nc2ccccn2)c1-c1ccccc1)C(=O)O. The molecule has 0 saturated carbocycles. The minimum Gasteiger partial charge on any atom is -0.480 e. The van der Waals surface area contributed by atoms with Crippen LogP contribution in [0.1, 0.15) is 27.1 Å². The highest BCUT2D eigenvalue weighted by molar-refractivity contribution is 7.98. The van der Waals surface area contributed by atoms with Gasteiger partial charge in [0.25, 0.3) is 11.8 Å². The molecule has 0 saturated heterocycles. The number of rotatable bonds is 9. The van der Waals surface area contributed by atoms with E-state index in [0.717, 1.165) is 0 Å². The molecular weight excluding hydrogens is 426 g/mol. The molecule has 0 aliphatic heterocycles. The molecule has 32 heavy (non-hydrogen) atoms. The van der Waals surface area contributed by atoms with Crippen LogP contribution >= 0.6 is 11.8 Å². The number of aliphatic carboxylic acids is 1. The number of carbonyl (C=O) groups is 3. The number of carboxylic acid groups (broad SMARTS) is 1. The van der Waals surface area contributed by atoms with Crippen LogP contribution in [0.5, 0.6) is 0 Å². The Morgan fingerprint density at radius 2 is 1.62 bits per heavy atom. The van der Waals surface area contributed by atoms with Crippen LogP contribution in [0, 0.1) is 0 Å². The summed E-state index contributed by atoms with van der Waals surface area (Å²) in [5.41, 5.74) is 1.60. The lowest BCUT2D eigenvalue weighted by Gasteiger charge is -2.18. The average Bonchev–Trinajstić information content (AvgIpc) is 2.82. The lowest BCUT2D eigenvalue weighted by Crippen LogP contribution is -2.41. The molecule has 7 nitrogen and oxygen atoms in total. The molecule has 164 valence electrons. The second kappa shape index (κ2) is 11.1. The third-order valence-electron chi connectivity index (χ3n) is 4.74. The van der Waals surface area contributed by atoms with Crippen molar-refractivity contribution in [1.82, 2.24) is 10.3 Å². The van der Waals surface area contributed by atoms with E-state index < -0.39 is 23.8 Å². The molecule has 8 heteroatoms. The maximum atomic E-state index is 13.1. The van der Waals surface area contributed by atoms with Crippen molar-refractivity contribution in [1.29, 1.82) is 0 Å². The Morgan fingerprint density at radius 1 is 0.938 bits per heavy atom. The van der Waals surface area contributed by atoms with Gasteiger partial charge in [0.05, 0.1) is 0 Å². The molecule has 3 rings (SSSR count). The monoisotopic (exact) mass is 449 g/mol. The van der Waals surface area contributed by atoms with Gasteiger partial charge in [-0.15, -0.1) is 0 Å². The Kier molecular flexibility index (Phi) is 7.99. The van der Waals surface area contributed by atoms with Crippen molar-refractivity contribution in [2.45, 2.75) is 12.5 Å². The number of nitrogens with one attached hydrogen (secondary N) is 2. The fourth-order valence-corrected chi connectivity index (χ4v) is 3.67. The van der Waals surface area contributed by atoms with Gasteiger partial charge in [0.15, 0.2) is 0 Å². The van der Waals surface area contributed by atoms with Crippen LogP contribution in [0.15, 0.2) is 72.9 Å². The smallest absolute Gasteiger partial charge is 0.326 e. The number of carboxylic acids is 1. The summed E-state index contributed by atoms with van der Waals surface area (Å²) in [4.78, 5) is 41.9. The van der Waals surface area contributed by atoms with E-state index in [1.165, 1.54) is 11.8 Å². The first-order valence-electron chi connectivity index (χ1n) is 9.94. The molecule has 0 spiro atoms. The number of hydrogen-bond donors (Lipinski definition) is 3. The number of amides is 2. The van der Waals surface area contributed by atoms with Crippen LogP contribution in [0.4, 0.5) is 5.82 Å². The molecule has 3 aromatic rings. The quantitative estimate of drug-likeness (QED) is 0.457. The topological polar surface area (TPSA) is 108 Å². The largest absolute Gasteiger partial charge is 0.480 e. The molecule has 2 aromatic carbocycles. The molecule has 0 fully saturated rings. The molecule has 1 unspecified atom stereocenters. The molecule has 0 aliphatic carbocycles. The Labute approximate surface area is 190 Å². The number of pyridine rings is 1. The third-order valence-corrected chi connectivity index (χ3v) is 5.38. The summed E-state index contributed by atoms with van der Waals surface area (Å²) in [6.45, 7) is 0. The van der Waals surface area contributed by atoms with Gasteiger partial charge in [-0.25, -0.2) is 9.78 Å². The van der Waals surface area contributed by atoms with Gasteiger partial charge >= 0.3 is 5.97 Å². The number of aromatic nitrogens is 1. The molecule has 1 atom stereocenters. The summed E-state index contributed by atoms with van der Waals surface area (Å²) in [6, 6.07) is 18.0. The van der Waals surface area contributed by atoms with Crippen LogP contribution in [-0.4, -0.2) is 45.9 Å². The van der Waals surface area contributed by atoms with Crippen molar-refractivity contribution < 1.29 is 19.5 Å². The number of carbonyl (C=O) groups excluding carboxylic acids is 2. The highest BCUT2D eigenvalue weighted by Crippen LogP contribution is 2.29. The van der Waals surface area contributed by atoms with Crippen LogP contribution in [0.25, 0.3) is 11.1 Å². The minimum absolute atomic E-state index is 0.222. The van der Waals surface area contributed by atoms with Crippen LogP contribution in [0.3, 0.4) is 0 Å². The molecule has 0 aliphatic rings. The van der Waals surface area contributed by atoms with Crippen LogP contribution in [0.2, 0.25) is 0 Å². The molecular formula is C24H23N3O4S. The molecule has 3 N–H and O–H groups in total. The average molecular weight is 450 g/mol. The van der Waals surface area contributed by atoms with Crippen molar-refractivity contribution in [3.63, 3.8) is 0 Å². The van der Waals surface area contributed by atoms with Gasteiger partial charge in [0, 0.05) is 22.9 Å². The van der Waals surface area contributed by atoms with Gasteiger partial charge < -0.3 is 15.7 Å². The predicted octanol–water partition coefficient (Wildman–Crippen LogP) is 3.94. The van der Waals surface area contributed by atoms with Crippen LogP contribution < -0.4 is 10.6 Å². The Balaban J connectivity index is 2.01. The van der Waals surface area contributed by atoms with E-state index in [-0.39, 0.29) is 11.1 Å². The van der Waals surface area contributed by atoms with Crippen molar-refractivity contribution in [2.75, 3.05) is 17.3 Å². The standard InChI is InChI=1S/C24H23N3O4S/c1-32-15-13-19(24(30)31)26-22(28)17-10-7-11-18(21(17)16-8-3-2-4-9-16)23(29)27-20-12-5-6-14-25-20/h2-12,14,19H,13,15H2,1H3,(H,26,28)(H,30,31)(H,25,27,29). The van der Waals surface area contributed by atoms with Gasteiger partial charge in [-0.2, -0.15) is 11.8 Å². The summed E-state index contributed by atoms with van der Waals surface area (Å²) < 4.78 is 0. The van der Waals surface area contributed by atoms with Crippen LogP contribution in [-0.2, 0) is 4.79 Å². The molecule has 0 bridgehead atoms. The zero-order valence-electron chi connectivity index (χ0n) is 17.4. The van der Waals surface area contributed by atoms with Gasteiger partial charge in [0.1, 0.15) is 11.9 Å². The van der Waals surface area contributed by atoms with Gasteiger partial charge in [0.2, 0.25) is 0 Å². The van der Waals surface area contributed by atoms with Crippen molar-refractivity contribution in [2.24, 2.45) is 0 Å². The predicted molar refractivity (Wildman–Crippen MR) is 126 cm³/mol. The lowest BCUT2D eigenvalue weighted by atomic mass is 9.93. The number of hydrogen-bond acceptors (Lipinski definition) is 5. The van der Waals surface area contributed by atoms with E-state index in [2.05, 4.69) is 15.6 Å². The van der Waals surface area contributed by atoms with Gasteiger partial charge in [-0.1, -0.05) is 42.5 Å². The number of anilines is 1. The maximum Gasteiger partial charge on any atom is 0.326 e. The Morgan fingerprint density at radius 3 is 2.25 bits per heavy atom. The molecule has 1 heterocycles. The fourth-order valence-electron chi connectivity index (χ4n) is 3.20. The van der Waals surface area contributed by atoms with E-state index in [4.69, 9.17) is 0 Å². The summed E-state index contributed by atoms with van der Waals surface area (Å²) in [5.74, 6) is -1.10. The van der Waals surface area contributed by atoms with E-state index in [1.807, 2.05) is 24.5 Å². The van der Waals surface area contributed by atoms with Gasteiger partial charge in [-0.3, -0.25) is 9.59 Å². The maximum absolute atomic E-state index is 13.1. The van der Waals surface area contributed by atoms with Gasteiger partial charge in [-0.05, 0) is 48.3 Å². The first-order valence-corrected chi connectivity index (χ1v) is 11.3. The number of benzene rings is 2. The summed E-state index contributed by atoms with van der Waals surface area (Å²) in [7, 11) is 0. The fraction of sp³-hybridized carbons (Fsp3) is 0.167. The summed E-state index contributed by atoms with van der Waals surface area (Å²) in [5, 5.41) is 14.8. The highest BCUT2D eigenvalue weighted by Gasteiger charge is 2.25. The van der Waals surface area contributed by atoms with E-state index in [0.29, 0.717) is 29.1 Å². The van der Waals surface area contributed by atoms with Crippen molar-refractivity contribution >= 4 is 35.4 Å². The lowest BCUT2D eigenvalue weighted by molar-refractivity contribution is -0.139. The van der Waals surface area contributed by atoms with Crippen molar-refractivity contribution in [3.8, 4) is 11.1 Å². The van der Waals surface area contributed by atoms with Crippen molar-refractivity contribution in [3.05, 3.63) is 84.1 Å². The number of nitrogens with zero attached hydrogens (tertiary/aromatic N) is 1. The Bertz CT molecular complexity index is 1090. The first-order chi connectivity index (χ1) is 15.5. The number of thioether (sulfide) groups is 1. The third kappa shape index (κ3) is 5.73. The summed E-state index contributed by atoms with van der Waals surface area (Å²) >= 11 is 1.50. The first kappa shape index (κ1) is 23.0. The zero-order valence-corrected chi connectivity index (χ0v) is 18.3. The molecule has 2 amide bonds. The minimum atomic E-state index is -1.10.